The first kappa shape index (κ1) is 11.7. The Balaban J connectivity index is 2.09. The summed E-state index contributed by atoms with van der Waals surface area (Å²) < 4.78 is 5.64. The molecule has 1 aromatic heterocycles. The van der Waals surface area contributed by atoms with Crippen molar-refractivity contribution in [2.45, 2.75) is 19.4 Å². The molecule has 1 aliphatic heterocycles. The predicted molar refractivity (Wildman–Crippen MR) is 70.4 cm³/mol. The van der Waals surface area contributed by atoms with Crippen molar-refractivity contribution in [3.63, 3.8) is 0 Å². The lowest BCUT2D eigenvalue weighted by molar-refractivity contribution is 0.0697. The van der Waals surface area contributed by atoms with E-state index < -0.39 is 5.97 Å². The highest BCUT2D eigenvalue weighted by Crippen LogP contribution is 2.33. The van der Waals surface area contributed by atoms with Gasteiger partial charge in [0.05, 0.1) is 5.56 Å². The summed E-state index contributed by atoms with van der Waals surface area (Å²) in [5.74, 6) is -0.0560. The van der Waals surface area contributed by atoms with E-state index >= 15 is 0 Å². The second-order valence-electron chi connectivity index (χ2n) is 4.68. The van der Waals surface area contributed by atoms with Crippen molar-refractivity contribution >= 4 is 5.97 Å². The first-order valence-electron chi connectivity index (χ1n) is 6.12. The molecule has 19 heavy (non-hydrogen) atoms. The van der Waals surface area contributed by atoms with Crippen LogP contribution in [0.5, 0.6) is 5.75 Å². The zero-order valence-corrected chi connectivity index (χ0v) is 10.5. The van der Waals surface area contributed by atoms with E-state index in [0.717, 1.165) is 23.3 Å². The molecule has 96 valence electrons. The maximum absolute atomic E-state index is 11.2. The number of ether oxygens (including phenoxy) is 1. The average Bonchev–Trinajstić information content (AvgIpc) is 2.77. The van der Waals surface area contributed by atoms with E-state index in [-0.39, 0.29) is 11.7 Å². The van der Waals surface area contributed by atoms with Gasteiger partial charge in [0.25, 0.3) is 0 Å². The van der Waals surface area contributed by atoms with Crippen LogP contribution in [0.25, 0.3) is 11.1 Å². The summed E-state index contributed by atoms with van der Waals surface area (Å²) in [4.78, 5) is 15.2. The van der Waals surface area contributed by atoms with Crippen LogP contribution in [-0.2, 0) is 6.42 Å². The van der Waals surface area contributed by atoms with Gasteiger partial charge >= 0.3 is 5.97 Å². The van der Waals surface area contributed by atoms with Gasteiger partial charge in [-0.25, -0.2) is 4.79 Å². The number of carboxylic acid groups (broad SMARTS) is 1. The molecule has 4 nitrogen and oxygen atoms in total. The Labute approximate surface area is 110 Å². The number of fused-ring (bicyclic) bond motifs is 1. The number of pyridine rings is 1. The van der Waals surface area contributed by atoms with Gasteiger partial charge in [0.1, 0.15) is 11.9 Å². The summed E-state index contributed by atoms with van der Waals surface area (Å²) >= 11 is 0. The molecule has 2 aromatic rings. The minimum atomic E-state index is -0.942. The lowest BCUT2D eigenvalue weighted by Crippen LogP contribution is -2.05. The number of aromatic nitrogens is 1. The highest BCUT2D eigenvalue weighted by molar-refractivity contribution is 5.95. The quantitative estimate of drug-likeness (QED) is 0.896. The van der Waals surface area contributed by atoms with Gasteiger partial charge in [-0.1, -0.05) is 6.07 Å². The summed E-state index contributed by atoms with van der Waals surface area (Å²) in [5.41, 5.74) is 2.88. The number of rotatable bonds is 2. The fourth-order valence-electron chi connectivity index (χ4n) is 2.40. The number of benzene rings is 1. The van der Waals surface area contributed by atoms with E-state index in [4.69, 9.17) is 4.74 Å². The number of carboxylic acids is 1. The van der Waals surface area contributed by atoms with Crippen molar-refractivity contribution in [2.24, 2.45) is 0 Å². The largest absolute Gasteiger partial charge is 0.490 e. The molecule has 0 spiro atoms. The van der Waals surface area contributed by atoms with Gasteiger partial charge in [-0.3, -0.25) is 4.98 Å². The third kappa shape index (κ3) is 2.05. The molecule has 0 amide bonds. The minimum Gasteiger partial charge on any atom is -0.490 e. The fourth-order valence-corrected chi connectivity index (χ4v) is 2.40. The molecule has 0 aliphatic carbocycles. The molecule has 1 atom stereocenters. The Morgan fingerprint density at radius 3 is 3.05 bits per heavy atom. The summed E-state index contributed by atoms with van der Waals surface area (Å²) in [6.45, 7) is 2.02. The first-order chi connectivity index (χ1) is 9.15. The molecule has 0 saturated heterocycles. The van der Waals surface area contributed by atoms with Crippen LogP contribution in [0.15, 0.2) is 36.7 Å². The normalized spacial score (nSPS) is 16.8. The number of nitrogens with zero attached hydrogens (tertiary/aromatic N) is 1. The van der Waals surface area contributed by atoms with Crippen molar-refractivity contribution in [1.29, 1.82) is 0 Å². The van der Waals surface area contributed by atoms with E-state index in [1.807, 2.05) is 25.1 Å². The Bertz CT molecular complexity index is 652. The topological polar surface area (TPSA) is 59.4 Å². The molecule has 1 N–H and O–H groups in total. The summed E-state index contributed by atoms with van der Waals surface area (Å²) in [5, 5.41) is 9.21. The highest BCUT2D eigenvalue weighted by Gasteiger charge is 2.20. The van der Waals surface area contributed by atoms with Gasteiger partial charge in [0.15, 0.2) is 0 Å². The standard InChI is InChI=1S/C15H13NO3/c1-9-6-11-7-10(2-3-14(11)19-9)13-8-16-5-4-12(13)15(17)18/h2-5,7-9H,6H2,1H3,(H,17,18). The lowest BCUT2D eigenvalue weighted by atomic mass is 9.99. The van der Waals surface area contributed by atoms with E-state index in [1.54, 1.807) is 6.20 Å². The van der Waals surface area contributed by atoms with E-state index in [9.17, 15) is 9.90 Å². The number of hydrogen-bond donors (Lipinski definition) is 1. The van der Waals surface area contributed by atoms with Crippen LogP contribution in [0.2, 0.25) is 0 Å². The van der Waals surface area contributed by atoms with Crippen molar-refractivity contribution in [2.75, 3.05) is 0 Å². The number of aromatic carboxylic acids is 1. The fraction of sp³-hybridized carbons (Fsp3) is 0.200. The molecule has 0 fully saturated rings. The molecule has 0 bridgehead atoms. The number of hydrogen-bond acceptors (Lipinski definition) is 3. The molecule has 1 aliphatic rings. The average molecular weight is 255 g/mol. The summed E-state index contributed by atoms with van der Waals surface area (Å²) in [6, 6.07) is 7.28. The Kier molecular flexibility index (Phi) is 2.71. The van der Waals surface area contributed by atoms with Gasteiger partial charge in [0.2, 0.25) is 0 Å². The molecule has 2 heterocycles. The number of carbonyl (C=O) groups is 1. The van der Waals surface area contributed by atoms with Gasteiger partial charge in [-0.15, -0.1) is 0 Å². The molecule has 1 aromatic carbocycles. The van der Waals surface area contributed by atoms with Crippen molar-refractivity contribution < 1.29 is 14.6 Å². The summed E-state index contributed by atoms with van der Waals surface area (Å²) in [6.07, 6.45) is 4.11. The van der Waals surface area contributed by atoms with Gasteiger partial charge in [0, 0.05) is 24.4 Å². The van der Waals surface area contributed by atoms with Gasteiger partial charge < -0.3 is 9.84 Å². The van der Waals surface area contributed by atoms with Gasteiger partial charge in [-0.05, 0) is 36.2 Å². The van der Waals surface area contributed by atoms with Crippen LogP contribution in [0.1, 0.15) is 22.8 Å². The Morgan fingerprint density at radius 1 is 1.42 bits per heavy atom. The molecule has 0 saturated carbocycles. The maximum atomic E-state index is 11.2. The third-order valence-corrected chi connectivity index (χ3v) is 3.26. The second-order valence-corrected chi connectivity index (χ2v) is 4.68. The Morgan fingerprint density at radius 2 is 2.26 bits per heavy atom. The van der Waals surface area contributed by atoms with Crippen molar-refractivity contribution in [3.8, 4) is 16.9 Å². The molecule has 1 unspecified atom stereocenters. The van der Waals surface area contributed by atoms with Crippen molar-refractivity contribution in [1.82, 2.24) is 4.98 Å². The molecule has 0 radical (unpaired) electrons. The summed E-state index contributed by atoms with van der Waals surface area (Å²) in [7, 11) is 0. The second kappa shape index (κ2) is 4.39. The maximum Gasteiger partial charge on any atom is 0.336 e. The molecular weight excluding hydrogens is 242 g/mol. The van der Waals surface area contributed by atoms with E-state index in [2.05, 4.69) is 4.98 Å². The first-order valence-corrected chi connectivity index (χ1v) is 6.12. The van der Waals surface area contributed by atoms with Crippen LogP contribution in [0.4, 0.5) is 0 Å². The molecule has 4 heteroatoms. The monoisotopic (exact) mass is 255 g/mol. The molecule has 3 rings (SSSR count). The molecular formula is C15H13NO3. The van der Waals surface area contributed by atoms with Crippen molar-refractivity contribution in [3.05, 3.63) is 47.8 Å². The van der Waals surface area contributed by atoms with Crippen LogP contribution < -0.4 is 4.74 Å². The van der Waals surface area contributed by atoms with Gasteiger partial charge in [-0.2, -0.15) is 0 Å². The zero-order valence-electron chi connectivity index (χ0n) is 10.5. The highest BCUT2D eigenvalue weighted by atomic mass is 16.5. The lowest BCUT2D eigenvalue weighted by Gasteiger charge is -2.07. The van der Waals surface area contributed by atoms with Crippen LogP contribution >= 0.6 is 0 Å². The predicted octanol–water partition coefficient (Wildman–Crippen LogP) is 2.77. The third-order valence-electron chi connectivity index (χ3n) is 3.26. The van der Waals surface area contributed by atoms with E-state index in [0.29, 0.717) is 5.56 Å². The van der Waals surface area contributed by atoms with Crippen LogP contribution in [0.3, 0.4) is 0 Å². The van der Waals surface area contributed by atoms with Crippen LogP contribution in [0, 0.1) is 0 Å². The smallest absolute Gasteiger partial charge is 0.336 e. The van der Waals surface area contributed by atoms with E-state index in [1.165, 1.54) is 12.3 Å². The SMILES string of the molecule is CC1Cc2cc(-c3cnccc3C(=O)O)ccc2O1. The Hall–Kier alpha value is -2.36. The zero-order chi connectivity index (χ0) is 13.4. The minimum absolute atomic E-state index is 0.179. The van der Waals surface area contributed by atoms with Crippen LogP contribution in [-0.4, -0.2) is 22.2 Å².